The van der Waals surface area contributed by atoms with Crippen molar-refractivity contribution in [1.82, 2.24) is 4.90 Å². The third-order valence-electron chi connectivity index (χ3n) is 3.79. The summed E-state index contributed by atoms with van der Waals surface area (Å²) in [6.07, 6.45) is 1.18. The predicted molar refractivity (Wildman–Crippen MR) is 83.1 cm³/mol. The van der Waals surface area contributed by atoms with Crippen LogP contribution in [0.15, 0.2) is 18.2 Å². The number of methoxy groups -OCH3 is 2. The first-order chi connectivity index (χ1) is 10.0. The van der Waals surface area contributed by atoms with Crippen molar-refractivity contribution < 1.29 is 14.3 Å². The van der Waals surface area contributed by atoms with E-state index >= 15 is 0 Å². The van der Waals surface area contributed by atoms with Crippen LogP contribution in [0.5, 0.6) is 11.5 Å². The van der Waals surface area contributed by atoms with E-state index in [2.05, 4.69) is 19.2 Å². The van der Waals surface area contributed by atoms with Crippen LogP contribution >= 0.6 is 0 Å². The normalized spacial score (nSPS) is 21.8. The lowest BCUT2D eigenvalue weighted by molar-refractivity contribution is 0.156. The quantitative estimate of drug-likeness (QED) is 0.930. The molecule has 0 saturated carbocycles. The molecule has 5 heteroatoms. The number of hydrogen-bond donors (Lipinski definition) is 1. The summed E-state index contributed by atoms with van der Waals surface area (Å²) in [6.45, 7) is 5.99. The van der Waals surface area contributed by atoms with E-state index in [4.69, 9.17) is 9.47 Å². The van der Waals surface area contributed by atoms with E-state index in [0.29, 0.717) is 29.0 Å². The molecule has 0 aliphatic carbocycles. The van der Waals surface area contributed by atoms with Crippen molar-refractivity contribution in [3.05, 3.63) is 18.2 Å². The van der Waals surface area contributed by atoms with Gasteiger partial charge in [0.05, 0.1) is 14.2 Å². The number of ether oxygens (including phenoxy) is 2. The second kappa shape index (κ2) is 6.70. The van der Waals surface area contributed by atoms with Crippen LogP contribution in [0.4, 0.5) is 10.5 Å². The fourth-order valence-corrected chi connectivity index (χ4v) is 2.95. The molecule has 1 fully saturated rings. The third-order valence-corrected chi connectivity index (χ3v) is 3.79. The smallest absolute Gasteiger partial charge is 0.321 e. The predicted octanol–water partition coefficient (Wildman–Crippen LogP) is 3.21. The van der Waals surface area contributed by atoms with Crippen LogP contribution in [0.1, 0.15) is 20.3 Å². The zero-order valence-electron chi connectivity index (χ0n) is 13.2. The summed E-state index contributed by atoms with van der Waals surface area (Å²) in [5, 5.41) is 2.93. The van der Waals surface area contributed by atoms with Gasteiger partial charge in [0, 0.05) is 24.8 Å². The molecule has 21 heavy (non-hydrogen) atoms. The van der Waals surface area contributed by atoms with Gasteiger partial charge in [0.25, 0.3) is 0 Å². The highest BCUT2D eigenvalue weighted by Crippen LogP contribution is 2.30. The molecule has 116 valence electrons. The monoisotopic (exact) mass is 292 g/mol. The van der Waals surface area contributed by atoms with E-state index in [0.717, 1.165) is 13.1 Å². The first-order valence-electron chi connectivity index (χ1n) is 7.31. The van der Waals surface area contributed by atoms with Gasteiger partial charge < -0.3 is 19.7 Å². The second-order valence-electron chi connectivity index (χ2n) is 5.85. The average molecular weight is 292 g/mol. The van der Waals surface area contributed by atoms with Crippen LogP contribution in [0.25, 0.3) is 0 Å². The Hall–Kier alpha value is -1.91. The van der Waals surface area contributed by atoms with Crippen molar-refractivity contribution >= 4 is 11.7 Å². The fraction of sp³-hybridized carbons (Fsp3) is 0.562. The molecule has 1 saturated heterocycles. The summed E-state index contributed by atoms with van der Waals surface area (Å²) in [7, 11) is 3.17. The van der Waals surface area contributed by atoms with Crippen LogP contribution in [0.2, 0.25) is 0 Å². The Balaban J connectivity index is 2.05. The second-order valence-corrected chi connectivity index (χ2v) is 5.85. The number of rotatable bonds is 3. The molecule has 1 aromatic rings. The van der Waals surface area contributed by atoms with E-state index in [1.54, 1.807) is 26.4 Å². The summed E-state index contributed by atoms with van der Waals surface area (Å²) in [4.78, 5) is 14.2. The molecule has 1 N–H and O–H groups in total. The summed E-state index contributed by atoms with van der Waals surface area (Å²) in [5.74, 6) is 2.35. The van der Waals surface area contributed by atoms with Gasteiger partial charge in [-0.05, 0) is 30.4 Å². The summed E-state index contributed by atoms with van der Waals surface area (Å²) in [6, 6.07) is 5.32. The van der Waals surface area contributed by atoms with Crippen LogP contribution in [-0.4, -0.2) is 38.2 Å². The highest BCUT2D eigenvalue weighted by atomic mass is 16.5. The first-order valence-corrected chi connectivity index (χ1v) is 7.31. The number of nitrogens with zero attached hydrogens (tertiary/aromatic N) is 1. The van der Waals surface area contributed by atoms with E-state index in [9.17, 15) is 4.79 Å². The van der Waals surface area contributed by atoms with Gasteiger partial charge >= 0.3 is 6.03 Å². The lowest BCUT2D eigenvalue weighted by Gasteiger charge is -2.34. The van der Waals surface area contributed by atoms with Gasteiger partial charge in [-0.3, -0.25) is 0 Å². The van der Waals surface area contributed by atoms with Crippen molar-refractivity contribution in [2.75, 3.05) is 32.6 Å². The number of carbonyl (C=O) groups is 1. The molecule has 0 aromatic heterocycles. The molecule has 0 unspecified atom stereocenters. The van der Waals surface area contributed by atoms with E-state index < -0.39 is 0 Å². The number of amides is 2. The van der Waals surface area contributed by atoms with Crippen LogP contribution in [0, 0.1) is 11.8 Å². The number of hydrogen-bond acceptors (Lipinski definition) is 3. The zero-order chi connectivity index (χ0) is 15.4. The van der Waals surface area contributed by atoms with E-state index in [1.807, 2.05) is 11.0 Å². The molecule has 0 radical (unpaired) electrons. The maximum absolute atomic E-state index is 12.4. The maximum Gasteiger partial charge on any atom is 0.321 e. The number of piperidine rings is 1. The van der Waals surface area contributed by atoms with Gasteiger partial charge in [-0.2, -0.15) is 0 Å². The minimum absolute atomic E-state index is 0.0550. The van der Waals surface area contributed by atoms with E-state index in [1.165, 1.54) is 6.42 Å². The lowest BCUT2D eigenvalue weighted by atomic mass is 9.92. The topological polar surface area (TPSA) is 50.8 Å². The highest BCUT2D eigenvalue weighted by Gasteiger charge is 2.25. The Bertz CT molecular complexity index is 494. The summed E-state index contributed by atoms with van der Waals surface area (Å²) < 4.78 is 10.4. The lowest BCUT2D eigenvalue weighted by Crippen LogP contribution is -2.44. The Morgan fingerprint density at radius 3 is 2.33 bits per heavy atom. The van der Waals surface area contributed by atoms with Gasteiger partial charge in [0.1, 0.15) is 0 Å². The van der Waals surface area contributed by atoms with Crippen molar-refractivity contribution in [3.63, 3.8) is 0 Å². The van der Waals surface area contributed by atoms with Gasteiger partial charge in [0.15, 0.2) is 11.5 Å². The van der Waals surface area contributed by atoms with Gasteiger partial charge in [-0.1, -0.05) is 13.8 Å². The fourth-order valence-electron chi connectivity index (χ4n) is 2.95. The first kappa shape index (κ1) is 15.5. The van der Waals surface area contributed by atoms with Gasteiger partial charge in [-0.25, -0.2) is 4.79 Å². The number of nitrogens with one attached hydrogen (secondary N) is 1. The number of carbonyl (C=O) groups excluding carboxylic acids is 1. The third kappa shape index (κ3) is 3.80. The number of benzene rings is 1. The standard InChI is InChI=1S/C16H24N2O3/c1-11-7-12(2)10-18(9-11)16(19)17-13-5-6-14(20-3)15(8-13)21-4/h5-6,8,11-12H,7,9-10H2,1-4H3,(H,17,19)/t11-,12-/m1/s1. The highest BCUT2D eigenvalue weighted by molar-refractivity contribution is 5.89. The molecule has 1 heterocycles. The molecule has 2 amide bonds. The Kier molecular flexibility index (Phi) is 4.94. The van der Waals surface area contributed by atoms with Crippen molar-refractivity contribution in [2.24, 2.45) is 11.8 Å². The molecular formula is C16H24N2O3. The molecule has 1 aliphatic heterocycles. The molecule has 2 rings (SSSR count). The van der Waals surface area contributed by atoms with Crippen LogP contribution in [-0.2, 0) is 0 Å². The molecule has 2 atom stereocenters. The molecular weight excluding hydrogens is 268 g/mol. The minimum atomic E-state index is -0.0550. The molecule has 1 aromatic carbocycles. The maximum atomic E-state index is 12.4. The molecule has 0 spiro atoms. The average Bonchev–Trinajstić information content (AvgIpc) is 2.46. The zero-order valence-corrected chi connectivity index (χ0v) is 13.2. The molecule has 0 bridgehead atoms. The Morgan fingerprint density at radius 2 is 1.76 bits per heavy atom. The largest absolute Gasteiger partial charge is 0.493 e. The number of likely N-dealkylation sites (tertiary alicyclic amines) is 1. The van der Waals surface area contributed by atoms with Gasteiger partial charge in [0.2, 0.25) is 0 Å². The number of urea groups is 1. The summed E-state index contributed by atoms with van der Waals surface area (Å²) in [5.41, 5.74) is 0.712. The molecule has 5 nitrogen and oxygen atoms in total. The van der Waals surface area contributed by atoms with Crippen LogP contribution < -0.4 is 14.8 Å². The van der Waals surface area contributed by atoms with E-state index in [-0.39, 0.29) is 6.03 Å². The minimum Gasteiger partial charge on any atom is -0.493 e. The van der Waals surface area contributed by atoms with Crippen molar-refractivity contribution in [3.8, 4) is 11.5 Å². The number of anilines is 1. The van der Waals surface area contributed by atoms with Crippen LogP contribution in [0.3, 0.4) is 0 Å². The van der Waals surface area contributed by atoms with Gasteiger partial charge in [-0.15, -0.1) is 0 Å². The SMILES string of the molecule is COc1ccc(NC(=O)N2C[C@H](C)C[C@@H](C)C2)cc1OC. The van der Waals surface area contributed by atoms with Crippen molar-refractivity contribution in [2.45, 2.75) is 20.3 Å². The molecule has 1 aliphatic rings. The Labute approximate surface area is 126 Å². The summed E-state index contributed by atoms with van der Waals surface area (Å²) >= 11 is 0. The van der Waals surface area contributed by atoms with Crippen molar-refractivity contribution in [1.29, 1.82) is 0 Å². The Morgan fingerprint density at radius 1 is 1.14 bits per heavy atom.